The number of carbonyl (C=O) groups excluding carboxylic acids is 4. The van der Waals surface area contributed by atoms with E-state index in [9.17, 15) is 23.6 Å². The van der Waals surface area contributed by atoms with Gasteiger partial charge in [-0.15, -0.1) is 0 Å². The summed E-state index contributed by atoms with van der Waals surface area (Å²) in [5.41, 5.74) is -1.18. The zero-order valence-electron chi connectivity index (χ0n) is 17.1. The average Bonchev–Trinajstić information content (AvgIpc) is 3.40. The Kier molecular flexibility index (Phi) is 4.04. The molecule has 3 aliphatic rings. The predicted molar refractivity (Wildman–Crippen MR) is 114 cm³/mol. The van der Waals surface area contributed by atoms with Crippen LogP contribution in [0.3, 0.4) is 0 Å². The first-order valence-electron chi connectivity index (χ1n) is 10.5. The maximum Gasteiger partial charge on any atom is 0.241 e. The molecule has 2 saturated heterocycles. The standard InChI is InChI=1S/C26H16FNO5/c27-15-9-6-10-16(13-15)28-24(31)19-20(25(28)32)26(33-21(19)14-7-2-1-3-8-14)22(29)17-11-4-5-12-18(17)23(26)30/h1-13,19-21H/t19-,20-,21-/m0/s1. The van der Waals surface area contributed by atoms with Crippen molar-refractivity contribution in [1.82, 2.24) is 0 Å². The van der Waals surface area contributed by atoms with Crippen LogP contribution in [0, 0.1) is 17.7 Å². The van der Waals surface area contributed by atoms with E-state index in [0.29, 0.717) is 5.56 Å². The van der Waals surface area contributed by atoms with Crippen LogP contribution in [0.15, 0.2) is 78.9 Å². The molecular weight excluding hydrogens is 425 g/mol. The fourth-order valence-corrected chi connectivity index (χ4v) is 5.33. The molecule has 33 heavy (non-hydrogen) atoms. The van der Waals surface area contributed by atoms with Gasteiger partial charge >= 0.3 is 0 Å². The zero-order valence-corrected chi connectivity index (χ0v) is 17.1. The summed E-state index contributed by atoms with van der Waals surface area (Å²) in [6, 6.07) is 20.1. The van der Waals surface area contributed by atoms with Gasteiger partial charge in [0.1, 0.15) is 5.82 Å². The molecule has 7 heteroatoms. The number of imide groups is 1. The number of hydrogen-bond donors (Lipinski definition) is 0. The summed E-state index contributed by atoms with van der Waals surface area (Å²) in [5, 5.41) is 0. The number of rotatable bonds is 2. The van der Waals surface area contributed by atoms with Crippen LogP contribution in [0.2, 0.25) is 0 Å². The highest BCUT2D eigenvalue weighted by atomic mass is 19.1. The lowest BCUT2D eigenvalue weighted by atomic mass is 9.77. The lowest BCUT2D eigenvalue weighted by molar-refractivity contribution is -0.127. The molecule has 1 spiro atoms. The summed E-state index contributed by atoms with van der Waals surface area (Å²) < 4.78 is 20.1. The van der Waals surface area contributed by atoms with Crippen LogP contribution in [-0.2, 0) is 14.3 Å². The van der Waals surface area contributed by atoms with Crippen LogP contribution in [0.25, 0.3) is 0 Å². The Balaban J connectivity index is 1.56. The SMILES string of the molecule is O=C1[C@H]2[C@@H](C(=O)N1c1cccc(F)c1)C1(O[C@H]2c2ccccc2)C(=O)c2ccccc2C1=O. The molecule has 0 saturated carbocycles. The zero-order chi connectivity index (χ0) is 22.9. The number of fused-ring (bicyclic) bond motifs is 3. The number of ether oxygens (including phenoxy) is 1. The summed E-state index contributed by atoms with van der Waals surface area (Å²) in [5.74, 6) is -5.70. The van der Waals surface area contributed by atoms with Crippen molar-refractivity contribution in [3.63, 3.8) is 0 Å². The third kappa shape index (κ3) is 2.45. The molecule has 1 aliphatic carbocycles. The summed E-state index contributed by atoms with van der Waals surface area (Å²) in [6.07, 6.45) is -0.992. The molecule has 0 aromatic heterocycles. The van der Waals surface area contributed by atoms with Gasteiger partial charge in [-0.2, -0.15) is 0 Å². The van der Waals surface area contributed by atoms with Gasteiger partial charge in [-0.05, 0) is 23.8 Å². The predicted octanol–water partition coefficient (Wildman–Crippen LogP) is 3.52. The van der Waals surface area contributed by atoms with E-state index >= 15 is 0 Å². The van der Waals surface area contributed by atoms with Crippen molar-refractivity contribution in [3.8, 4) is 0 Å². The highest BCUT2D eigenvalue weighted by Gasteiger charge is 2.74. The molecule has 3 aromatic rings. The molecule has 3 atom stereocenters. The maximum absolute atomic E-state index is 13.9. The number of ketones is 2. The number of nitrogens with zero attached hydrogens (tertiary/aromatic N) is 1. The van der Waals surface area contributed by atoms with Gasteiger partial charge < -0.3 is 4.74 Å². The Hall–Kier alpha value is -3.97. The maximum atomic E-state index is 13.9. The molecule has 0 bridgehead atoms. The van der Waals surface area contributed by atoms with Crippen molar-refractivity contribution >= 4 is 29.1 Å². The normalized spacial score (nSPS) is 25.1. The Morgan fingerprint density at radius 3 is 2.03 bits per heavy atom. The molecule has 2 heterocycles. The number of benzene rings is 3. The summed E-state index contributed by atoms with van der Waals surface area (Å²) in [6.45, 7) is 0. The third-order valence-electron chi connectivity index (χ3n) is 6.71. The van der Waals surface area contributed by atoms with Crippen molar-refractivity contribution in [1.29, 1.82) is 0 Å². The van der Waals surface area contributed by atoms with Gasteiger partial charge in [0.25, 0.3) is 0 Å². The molecule has 6 nitrogen and oxygen atoms in total. The highest BCUT2D eigenvalue weighted by Crippen LogP contribution is 2.57. The van der Waals surface area contributed by atoms with Gasteiger partial charge in [-0.1, -0.05) is 60.7 Å². The quantitative estimate of drug-likeness (QED) is 0.449. The van der Waals surface area contributed by atoms with E-state index in [0.717, 1.165) is 11.0 Å². The van der Waals surface area contributed by atoms with E-state index in [4.69, 9.17) is 4.74 Å². The minimum Gasteiger partial charge on any atom is -0.349 e. The van der Waals surface area contributed by atoms with Crippen molar-refractivity contribution in [2.24, 2.45) is 11.8 Å². The Bertz CT molecular complexity index is 1330. The van der Waals surface area contributed by atoms with Gasteiger partial charge in [0.05, 0.1) is 23.6 Å². The second-order valence-electron chi connectivity index (χ2n) is 8.38. The van der Waals surface area contributed by atoms with Crippen LogP contribution in [0.5, 0.6) is 0 Å². The van der Waals surface area contributed by atoms with Gasteiger partial charge in [0.2, 0.25) is 29.0 Å². The van der Waals surface area contributed by atoms with E-state index in [1.807, 2.05) is 0 Å². The van der Waals surface area contributed by atoms with Crippen LogP contribution < -0.4 is 4.90 Å². The molecule has 6 rings (SSSR count). The third-order valence-corrected chi connectivity index (χ3v) is 6.71. The van der Waals surface area contributed by atoms with Crippen LogP contribution in [0.1, 0.15) is 32.4 Å². The van der Waals surface area contributed by atoms with Crippen molar-refractivity contribution in [2.75, 3.05) is 4.90 Å². The molecule has 3 aromatic carbocycles. The number of amides is 2. The number of carbonyl (C=O) groups is 4. The lowest BCUT2D eigenvalue weighted by Gasteiger charge is -2.27. The minimum atomic E-state index is -2.14. The van der Waals surface area contributed by atoms with Gasteiger partial charge in [0.15, 0.2) is 0 Å². The van der Waals surface area contributed by atoms with Gasteiger partial charge in [-0.25, -0.2) is 9.29 Å². The summed E-state index contributed by atoms with van der Waals surface area (Å²) >= 11 is 0. The first kappa shape index (κ1) is 19.7. The molecule has 162 valence electrons. The van der Waals surface area contributed by atoms with Crippen LogP contribution in [-0.4, -0.2) is 29.0 Å². The Morgan fingerprint density at radius 2 is 1.39 bits per heavy atom. The fraction of sp³-hybridized carbons (Fsp3) is 0.154. The summed E-state index contributed by atoms with van der Waals surface area (Å²) in [7, 11) is 0. The first-order chi connectivity index (χ1) is 15.9. The second kappa shape index (κ2) is 6.76. The molecule has 0 N–H and O–H groups in total. The van der Waals surface area contributed by atoms with Crippen molar-refractivity contribution in [2.45, 2.75) is 11.7 Å². The lowest BCUT2D eigenvalue weighted by Crippen LogP contribution is -2.51. The van der Waals surface area contributed by atoms with Crippen LogP contribution in [0.4, 0.5) is 10.1 Å². The van der Waals surface area contributed by atoms with E-state index in [-0.39, 0.29) is 16.8 Å². The second-order valence-corrected chi connectivity index (χ2v) is 8.38. The fourth-order valence-electron chi connectivity index (χ4n) is 5.33. The van der Waals surface area contributed by atoms with E-state index < -0.39 is 52.7 Å². The number of hydrogen-bond acceptors (Lipinski definition) is 5. The van der Waals surface area contributed by atoms with Crippen molar-refractivity contribution in [3.05, 3.63) is 101 Å². The molecule has 2 aliphatic heterocycles. The molecule has 0 radical (unpaired) electrons. The molecule has 0 unspecified atom stereocenters. The van der Waals surface area contributed by atoms with E-state index in [1.54, 1.807) is 42.5 Å². The summed E-state index contributed by atoms with van der Waals surface area (Å²) in [4.78, 5) is 55.4. The molecular formula is C26H16FNO5. The van der Waals surface area contributed by atoms with E-state index in [2.05, 4.69) is 0 Å². The highest BCUT2D eigenvalue weighted by molar-refractivity contribution is 6.37. The number of anilines is 1. The van der Waals surface area contributed by atoms with Crippen LogP contribution >= 0.6 is 0 Å². The first-order valence-corrected chi connectivity index (χ1v) is 10.5. The molecule has 2 amide bonds. The number of halogens is 1. The molecule has 2 fully saturated rings. The van der Waals surface area contributed by atoms with Crippen molar-refractivity contribution < 1.29 is 28.3 Å². The average molecular weight is 441 g/mol. The van der Waals surface area contributed by atoms with E-state index in [1.165, 1.54) is 30.3 Å². The monoisotopic (exact) mass is 441 g/mol. The van der Waals surface area contributed by atoms with Gasteiger partial charge in [-0.3, -0.25) is 19.2 Å². The smallest absolute Gasteiger partial charge is 0.241 e. The topological polar surface area (TPSA) is 80.8 Å². The Morgan fingerprint density at radius 1 is 0.758 bits per heavy atom. The Labute approximate surface area is 187 Å². The minimum absolute atomic E-state index is 0.0526. The number of Topliss-reactive ketones (excluding diaryl/α,β-unsaturated/α-hetero) is 2. The van der Waals surface area contributed by atoms with Gasteiger partial charge in [0, 0.05) is 11.1 Å². The largest absolute Gasteiger partial charge is 0.349 e.